The highest BCUT2D eigenvalue weighted by atomic mass is 19.2. The largest absolute Gasteiger partial charge is 0.374 e. The summed E-state index contributed by atoms with van der Waals surface area (Å²) >= 11 is 0. The quantitative estimate of drug-likeness (QED) is 0.520. The molecular weight excluding hydrogens is 474 g/mol. The first-order valence-corrected chi connectivity index (χ1v) is 12.8. The molecular formula is C29H36F2N4O2. The lowest BCUT2D eigenvalue weighted by Crippen LogP contribution is -2.43. The van der Waals surface area contributed by atoms with Crippen LogP contribution in [0, 0.1) is 12.8 Å². The minimum absolute atomic E-state index is 0.175. The molecule has 2 aliphatic carbocycles. The maximum Gasteiger partial charge on any atom is 0.181 e. The molecule has 0 spiro atoms. The summed E-state index contributed by atoms with van der Waals surface area (Å²) in [7, 11) is 3.30. The van der Waals surface area contributed by atoms with E-state index in [0.29, 0.717) is 23.6 Å². The Bertz CT molecular complexity index is 1150. The second kappa shape index (κ2) is 12.0. The van der Waals surface area contributed by atoms with Crippen molar-refractivity contribution in [3.05, 3.63) is 76.9 Å². The van der Waals surface area contributed by atoms with Gasteiger partial charge in [-0.1, -0.05) is 31.1 Å². The first kappa shape index (κ1) is 26.9. The van der Waals surface area contributed by atoms with Crippen LogP contribution in [0.25, 0.3) is 0 Å². The van der Waals surface area contributed by atoms with Gasteiger partial charge in [0.15, 0.2) is 6.17 Å². The zero-order valence-corrected chi connectivity index (χ0v) is 21.7. The first-order chi connectivity index (χ1) is 17.8. The average molecular weight is 511 g/mol. The zero-order chi connectivity index (χ0) is 26.5. The van der Waals surface area contributed by atoms with Crippen LogP contribution in [-0.4, -0.2) is 55.5 Å². The van der Waals surface area contributed by atoms with E-state index in [1.165, 1.54) is 32.8 Å². The van der Waals surface area contributed by atoms with Crippen LogP contribution >= 0.6 is 0 Å². The Morgan fingerprint density at radius 2 is 2.03 bits per heavy atom. The van der Waals surface area contributed by atoms with Crippen molar-refractivity contribution in [2.75, 3.05) is 19.5 Å². The van der Waals surface area contributed by atoms with E-state index in [4.69, 9.17) is 10.5 Å². The number of hydrogen-bond acceptors (Lipinski definition) is 6. The lowest BCUT2D eigenvalue weighted by molar-refractivity contribution is 0.0701. The molecule has 4 unspecified atom stereocenters. The van der Waals surface area contributed by atoms with Crippen molar-refractivity contribution >= 4 is 17.7 Å². The summed E-state index contributed by atoms with van der Waals surface area (Å²) in [4.78, 5) is 17.7. The summed E-state index contributed by atoms with van der Waals surface area (Å²) in [5, 5.41) is 3.47. The van der Waals surface area contributed by atoms with Gasteiger partial charge in [0.1, 0.15) is 24.4 Å². The van der Waals surface area contributed by atoms with Gasteiger partial charge in [0.25, 0.3) is 0 Å². The minimum Gasteiger partial charge on any atom is -0.374 e. The van der Waals surface area contributed by atoms with Crippen LogP contribution in [0.15, 0.2) is 70.8 Å². The molecule has 0 amide bonds. The summed E-state index contributed by atoms with van der Waals surface area (Å²) in [5.74, 6) is -0.992. The van der Waals surface area contributed by atoms with Crippen LogP contribution in [0.4, 0.5) is 14.5 Å². The predicted molar refractivity (Wildman–Crippen MR) is 144 cm³/mol. The van der Waals surface area contributed by atoms with Crippen molar-refractivity contribution in [2.45, 2.75) is 63.5 Å². The molecule has 198 valence electrons. The summed E-state index contributed by atoms with van der Waals surface area (Å²) in [5.41, 5.74) is 9.63. The number of nitrogens with one attached hydrogen (secondary N) is 1. The average Bonchev–Trinajstić information content (AvgIpc) is 3.50. The third-order valence-electron chi connectivity index (χ3n) is 7.41. The molecule has 1 aromatic rings. The second-order valence-electron chi connectivity index (χ2n) is 9.98. The summed E-state index contributed by atoms with van der Waals surface area (Å²) in [6, 6.07) is 6.08. The van der Waals surface area contributed by atoms with Gasteiger partial charge in [-0.3, -0.25) is 9.79 Å². The van der Waals surface area contributed by atoms with Gasteiger partial charge in [-0.15, -0.1) is 0 Å². The number of nitrogens with two attached hydrogens (primary N) is 1. The number of allylic oxidation sites excluding steroid dienone is 4. The van der Waals surface area contributed by atoms with Crippen LogP contribution in [0.5, 0.6) is 0 Å². The molecule has 3 N–H and O–H groups in total. The Kier molecular flexibility index (Phi) is 8.71. The van der Waals surface area contributed by atoms with Crippen LogP contribution < -0.4 is 11.1 Å². The molecule has 4 atom stereocenters. The Balaban J connectivity index is 0.000000469. The number of halogens is 2. The lowest BCUT2D eigenvalue weighted by atomic mass is 9.84. The number of nitrogens with zero attached hydrogens (tertiary/aromatic N) is 2. The fourth-order valence-corrected chi connectivity index (χ4v) is 5.19. The van der Waals surface area contributed by atoms with Gasteiger partial charge in [-0.2, -0.15) is 0 Å². The maximum atomic E-state index is 14.8. The van der Waals surface area contributed by atoms with Gasteiger partial charge < -0.3 is 20.7 Å². The number of ether oxygens (including phenoxy) is 1. The fourth-order valence-electron chi connectivity index (χ4n) is 5.19. The SMILES string of the molecule is COC1C=CC(C2=CN=C3C2CC=CN(C)C3Nc2ccc(C=O)c(C)c2)=C(F)C1F.NC1CCCC1. The molecule has 0 aromatic heterocycles. The van der Waals surface area contributed by atoms with Crippen molar-refractivity contribution in [3.63, 3.8) is 0 Å². The summed E-state index contributed by atoms with van der Waals surface area (Å²) < 4.78 is 34.3. The number of rotatable bonds is 5. The smallest absolute Gasteiger partial charge is 0.181 e. The number of hydrogen-bond donors (Lipinski definition) is 2. The van der Waals surface area contributed by atoms with Crippen LogP contribution in [0.1, 0.15) is 48.0 Å². The molecule has 2 aliphatic heterocycles. The molecule has 0 bridgehead atoms. The van der Waals surface area contributed by atoms with E-state index in [0.717, 1.165) is 23.2 Å². The Labute approximate surface area is 217 Å². The standard InChI is InChI=1S/C24H25F2N3O2.C5H11N/c1-14-11-16(7-6-15(14)13-30)28-24-23-18(5-4-10-29(24)2)19(12-27-23)17-8-9-20(31-3)22(26)21(17)25;6-5-3-1-2-4-5/h4,6-13,18,20,22,24,28H,5H2,1-3H3;5H,1-4,6H2. The number of aliphatic imine (C=N–C) groups is 1. The van der Waals surface area contributed by atoms with Crippen molar-refractivity contribution in [3.8, 4) is 0 Å². The van der Waals surface area contributed by atoms with Crippen molar-refractivity contribution in [2.24, 2.45) is 16.6 Å². The number of anilines is 1. The highest BCUT2D eigenvalue weighted by Gasteiger charge is 2.38. The lowest BCUT2D eigenvalue weighted by Gasteiger charge is -2.30. The van der Waals surface area contributed by atoms with Crippen molar-refractivity contribution in [1.82, 2.24) is 4.90 Å². The third-order valence-corrected chi connectivity index (χ3v) is 7.41. The van der Waals surface area contributed by atoms with Gasteiger partial charge >= 0.3 is 0 Å². The summed E-state index contributed by atoms with van der Waals surface area (Å²) in [6.45, 7) is 1.88. The normalized spacial score (nSPS) is 27.2. The maximum absolute atomic E-state index is 14.8. The summed E-state index contributed by atoms with van der Waals surface area (Å²) in [6.07, 6.45) is 12.4. The van der Waals surface area contributed by atoms with Crippen LogP contribution in [0.2, 0.25) is 0 Å². The third kappa shape index (κ3) is 5.91. The molecule has 0 radical (unpaired) electrons. The number of methoxy groups -OCH3 is 1. The van der Waals surface area contributed by atoms with E-state index in [9.17, 15) is 13.6 Å². The first-order valence-electron chi connectivity index (χ1n) is 12.8. The number of carbonyl (C=O) groups excluding carboxylic acids is 1. The Morgan fingerprint density at radius 1 is 1.27 bits per heavy atom. The van der Waals surface area contributed by atoms with E-state index in [1.807, 2.05) is 43.3 Å². The van der Waals surface area contributed by atoms with Crippen LogP contribution in [-0.2, 0) is 4.74 Å². The molecule has 2 heterocycles. The molecule has 6 nitrogen and oxygen atoms in total. The Morgan fingerprint density at radius 3 is 2.65 bits per heavy atom. The molecule has 8 heteroatoms. The van der Waals surface area contributed by atoms with Crippen molar-refractivity contribution < 1.29 is 18.3 Å². The highest BCUT2D eigenvalue weighted by Crippen LogP contribution is 2.39. The van der Waals surface area contributed by atoms with E-state index >= 15 is 0 Å². The number of benzene rings is 1. The molecule has 4 aliphatic rings. The number of carbonyl (C=O) groups is 1. The van der Waals surface area contributed by atoms with Gasteiger partial charge in [0, 0.05) is 49.1 Å². The number of aldehydes is 1. The van der Waals surface area contributed by atoms with E-state index in [1.54, 1.807) is 24.4 Å². The highest BCUT2D eigenvalue weighted by molar-refractivity contribution is 5.99. The van der Waals surface area contributed by atoms with Crippen molar-refractivity contribution in [1.29, 1.82) is 0 Å². The molecule has 1 aromatic carbocycles. The van der Waals surface area contributed by atoms with Gasteiger partial charge in [-0.05, 0) is 61.7 Å². The second-order valence-corrected chi connectivity index (χ2v) is 9.98. The molecule has 1 saturated carbocycles. The fraction of sp³-hybridized carbons (Fsp3) is 0.448. The van der Waals surface area contributed by atoms with Gasteiger partial charge in [0.2, 0.25) is 0 Å². The molecule has 5 rings (SSSR count). The molecule has 37 heavy (non-hydrogen) atoms. The van der Waals surface area contributed by atoms with Crippen LogP contribution in [0.3, 0.4) is 0 Å². The van der Waals surface area contributed by atoms with E-state index < -0.39 is 18.1 Å². The molecule has 1 fully saturated rings. The monoisotopic (exact) mass is 510 g/mol. The predicted octanol–water partition coefficient (Wildman–Crippen LogP) is 5.38. The molecule has 0 saturated heterocycles. The van der Waals surface area contributed by atoms with E-state index in [-0.39, 0.29) is 17.7 Å². The topological polar surface area (TPSA) is 80.0 Å². The minimum atomic E-state index is -1.83. The van der Waals surface area contributed by atoms with E-state index in [2.05, 4.69) is 10.3 Å². The number of alkyl halides is 1. The Hall–Kier alpha value is -3.10. The number of fused-ring (bicyclic) bond motifs is 1. The number of aryl methyl sites for hydroxylation is 1. The zero-order valence-electron chi connectivity index (χ0n) is 21.7. The van der Waals surface area contributed by atoms with Gasteiger partial charge in [0.05, 0.1) is 5.71 Å². The van der Waals surface area contributed by atoms with Gasteiger partial charge in [-0.25, -0.2) is 8.78 Å².